The van der Waals surface area contributed by atoms with Crippen molar-refractivity contribution in [1.82, 2.24) is 10.2 Å². The average Bonchev–Trinajstić information content (AvgIpc) is 3.48. The van der Waals surface area contributed by atoms with Crippen molar-refractivity contribution >= 4 is 43.5 Å². The Balaban J connectivity index is 1.73. The molecule has 7 nitrogen and oxygen atoms in total. The fourth-order valence-corrected chi connectivity index (χ4v) is 6.63. The molecular weight excluding hydrogens is 647 g/mol. The molecule has 0 heterocycles. The number of nitrogens with one attached hydrogen (secondary N) is 1. The van der Waals surface area contributed by atoms with Crippen LogP contribution in [0.2, 0.25) is 0 Å². The molecule has 0 bridgehead atoms. The highest BCUT2D eigenvalue weighted by atomic mass is 79.9. The maximum atomic E-state index is 14.0. The molecule has 0 saturated heterocycles. The van der Waals surface area contributed by atoms with Gasteiger partial charge < -0.3 is 10.2 Å². The van der Waals surface area contributed by atoms with E-state index in [1.54, 1.807) is 50.2 Å². The van der Waals surface area contributed by atoms with Gasteiger partial charge in [-0.05, 0) is 74.7 Å². The third-order valence-electron chi connectivity index (χ3n) is 7.48. The van der Waals surface area contributed by atoms with E-state index in [1.807, 2.05) is 0 Å². The van der Waals surface area contributed by atoms with Gasteiger partial charge in [0.15, 0.2) is 0 Å². The lowest BCUT2D eigenvalue weighted by molar-refractivity contribution is -0.139. The second-order valence-corrected chi connectivity index (χ2v) is 13.5. The second kappa shape index (κ2) is 13.5. The summed E-state index contributed by atoms with van der Waals surface area (Å²) in [6.07, 6.45) is -1.10. The van der Waals surface area contributed by atoms with Crippen molar-refractivity contribution in [2.75, 3.05) is 10.8 Å². The smallest absolute Gasteiger partial charge is 0.352 e. The summed E-state index contributed by atoms with van der Waals surface area (Å²) in [5.74, 6) is -1.13. The molecule has 4 rings (SSSR count). The summed E-state index contributed by atoms with van der Waals surface area (Å²) >= 11 is 3.37. The largest absolute Gasteiger partial charge is 0.416 e. The highest BCUT2D eigenvalue weighted by Gasteiger charge is 2.35. The Morgan fingerprint density at radius 1 is 1.00 bits per heavy atom. The first-order valence-corrected chi connectivity index (χ1v) is 16.1. The van der Waals surface area contributed by atoms with E-state index >= 15 is 0 Å². The Hall–Kier alpha value is -3.38. The average molecular weight is 681 g/mol. The van der Waals surface area contributed by atoms with E-state index in [0.717, 1.165) is 47.9 Å². The summed E-state index contributed by atoms with van der Waals surface area (Å²) in [6, 6.07) is 15.7. The molecule has 43 heavy (non-hydrogen) atoms. The Labute approximate surface area is 258 Å². The highest BCUT2D eigenvalue weighted by molar-refractivity contribution is 9.10. The van der Waals surface area contributed by atoms with Gasteiger partial charge in [-0.2, -0.15) is 13.2 Å². The first-order valence-electron chi connectivity index (χ1n) is 13.9. The van der Waals surface area contributed by atoms with E-state index in [4.69, 9.17) is 0 Å². The number of nitrogens with zero attached hydrogens (tertiary/aromatic N) is 2. The summed E-state index contributed by atoms with van der Waals surface area (Å²) in [5.41, 5.74) is 0.0838. The monoisotopic (exact) mass is 679 g/mol. The molecule has 0 aliphatic heterocycles. The van der Waals surface area contributed by atoms with Crippen molar-refractivity contribution in [3.63, 3.8) is 0 Å². The third-order valence-corrected chi connectivity index (χ3v) is 9.80. The Morgan fingerprint density at radius 2 is 1.63 bits per heavy atom. The summed E-state index contributed by atoms with van der Waals surface area (Å²) in [7, 11) is -4.49. The number of halogens is 4. The molecule has 3 aromatic rings. The van der Waals surface area contributed by atoms with Crippen LogP contribution in [0.4, 0.5) is 18.9 Å². The van der Waals surface area contributed by atoms with E-state index in [2.05, 4.69) is 21.2 Å². The zero-order chi connectivity index (χ0) is 31.4. The van der Waals surface area contributed by atoms with Gasteiger partial charge in [0.1, 0.15) is 12.6 Å². The predicted octanol–water partition coefficient (Wildman–Crippen LogP) is 6.45. The number of anilines is 1. The van der Waals surface area contributed by atoms with Crippen LogP contribution in [0.1, 0.15) is 49.3 Å². The van der Waals surface area contributed by atoms with E-state index < -0.39 is 40.3 Å². The maximum Gasteiger partial charge on any atom is 0.416 e. The normalized spacial score (nSPS) is 14.7. The summed E-state index contributed by atoms with van der Waals surface area (Å²) in [5, 5.41) is 2.98. The number of sulfonamides is 1. The number of rotatable bonds is 10. The van der Waals surface area contributed by atoms with Crippen molar-refractivity contribution in [3.05, 3.63) is 94.0 Å². The first kappa shape index (κ1) is 32.5. The lowest BCUT2D eigenvalue weighted by Crippen LogP contribution is -2.52. The van der Waals surface area contributed by atoms with Crippen LogP contribution < -0.4 is 9.62 Å². The van der Waals surface area contributed by atoms with Gasteiger partial charge in [-0.3, -0.25) is 13.9 Å². The zero-order valence-electron chi connectivity index (χ0n) is 23.8. The maximum absolute atomic E-state index is 14.0. The minimum Gasteiger partial charge on any atom is -0.352 e. The zero-order valence-corrected chi connectivity index (χ0v) is 26.2. The Morgan fingerprint density at radius 3 is 2.23 bits per heavy atom. The molecule has 1 N–H and O–H groups in total. The lowest BCUT2D eigenvalue weighted by atomic mass is 10.1. The minimum absolute atomic E-state index is 0.0110. The minimum atomic E-state index is -4.74. The third kappa shape index (κ3) is 8.17. The number of benzene rings is 3. The van der Waals surface area contributed by atoms with Crippen LogP contribution in [0.3, 0.4) is 0 Å². The van der Waals surface area contributed by atoms with Crippen molar-refractivity contribution in [3.8, 4) is 0 Å². The number of aryl methyl sites for hydroxylation is 1. The van der Waals surface area contributed by atoms with Gasteiger partial charge in [0.05, 0.1) is 16.1 Å². The number of hydrogen-bond donors (Lipinski definition) is 1. The van der Waals surface area contributed by atoms with Crippen LogP contribution in [0, 0.1) is 6.92 Å². The van der Waals surface area contributed by atoms with Crippen molar-refractivity contribution in [2.45, 2.75) is 69.2 Å². The van der Waals surface area contributed by atoms with Crippen molar-refractivity contribution in [2.24, 2.45) is 0 Å². The first-order chi connectivity index (χ1) is 20.3. The van der Waals surface area contributed by atoms with Crippen LogP contribution in [-0.2, 0) is 32.3 Å². The number of carbonyl (C=O) groups excluding carboxylic acids is 2. The van der Waals surface area contributed by atoms with E-state index in [1.165, 1.54) is 23.1 Å². The van der Waals surface area contributed by atoms with Gasteiger partial charge >= 0.3 is 6.18 Å². The second-order valence-electron chi connectivity index (χ2n) is 10.7. The molecule has 1 atom stereocenters. The van der Waals surface area contributed by atoms with Gasteiger partial charge in [0, 0.05) is 17.1 Å². The molecule has 0 unspecified atom stereocenters. The summed E-state index contributed by atoms with van der Waals surface area (Å²) in [6.45, 7) is 2.48. The number of alkyl halides is 3. The molecule has 2 amide bonds. The molecule has 1 aliphatic carbocycles. The van der Waals surface area contributed by atoms with Crippen molar-refractivity contribution in [1.29, 1.82) is 0 Å². The Bertz CT molecular complexity index is 1540. The predicted molar refractivity (Wildman–Crippen MR) is 162 cm³/mol. The fraction of sp³-hybridized carbons (Fsp3) is 0.355. The molecule has 12 heteroatoms. The molecule has 1 fully saturated rings. The van der Waals surface area contributed by atoms with Crippen molar-refractivity contribution < 1.29 is 31.2 Å². The SMILES string of the molecule is Cc1ccc(S(=O)(=O)N(CC(=O)N(Cc2ccc(Br)cc2)[C@H](C)C(=O)NC2CCCC2)c2cccc(C(F)(F)F)c2)cc1. The van der Waals surface area contributed by atoms with Gasteiger partial charge in [0.2, 0.25) is 11.8 Å². The van der Waals surface area contributed by atoms with Gasteiger partial charge in [-0.1, -0.05) is 64.7 Å². The highest BCUT2D eigenvalue weighted by Crippen LogP contribution is 2.33. The summed E-state index contributed by atoms with van der Waals surface area (Å²) in [4.78, 5) is 28.4. The summed E-state index contributed by atoms with van der Waals surface area (Å²) < 4.78 is 70.1. The van der Waals surface area contributed by atoms with Crippen LogP contribution in [0.25, 0.3) is 0 Å². The van der Waals surface area contributed by atoms with Crippen LogP contribution in [-0.4, -0.2) is 43.8 Å². The van der Waals surface area contributed by atoms with Crippen LogP contribution in [0.15, 0.2) is 82.2 Å². The molecule has 0 aromatic heterocycles. The van der Waals surface area contributed by atoms with E-state index in [-0.39, 0.29) is 29.1 Å². The standard InChI is InChI=1S/C31H33BrF3N3O4S/c1-21-10-16-28(17-11-21)43(41,42)38(27-9-5-6-24(18-27)31(33,34)35)20-29(39)37(19-23-12-14-25(32)15-13-23)22(2)30(40)36-26-7-3-4-8-26/h5-6,9-18,22,26H,3-4,7-8,19-20H2,1-2H3,(H,36,40)/t22-/m1/s1. The van der Waals surface area contributed by atoms with Gasteiger partial charge in [-0.15, -0.1) is 0 Å². The Kier molecular flexibility index (Phi) is 10.2. The fourth-order valence-electron chi connectivity index (χ4n) is 4.96. The van der Waals surface area contributed by atoms with E-state index in [9.17, 15) is 31.2 Å². The molecule has 230 valence electrons. The molecular formula is C31H33BrF3N3O4S. The number of hydrogen-bond acceptors (Lipinski definition) is 4. The number of amides is 2. The molecule has 3 aromatic carbocycles. The van der Waals surface area contributed by atoms with Crippen LogP contribution in [0.5, 0.6) is 0 Å². The molecule has 0 radical (unpaired) electrons. The molecule has 1 aliphatic rings. The van der Waals surface area contributed by atoms with E-state index in [0.29, 0.717) is 15.9 Å². The topological polar surface area (TPSA) is 86.8 Å². The molecule has 0 spiro atoms. The van der Waals surface area contributed by atoms with Crippen LogP contribution >= 0.6 is 15.9 Å². The molecule has 1 saturated carbocycles. The number of carbonyl (C=O) groups is 2. The van der Waals surface area contributed by atoms with Gasteiger partial charge in [0.25, 0.3) is 10.0 Å². The van der Waals surface area contributed by atoms with Gasteiger partial charge in [-0.25, -0.2) is 8.42 Å². The lowest BCUT2D eigenvalue weighted by Gasteiger charge is -2.32. The quantitative estimate of drug-likeness (QED) is 0.267.